The van der Waals surface area contributed by atoms with E-state index in [-0.39, 0.29) is 29.6 Å². The number of nitrogens with two attached hydrogens (primary N) is 1. The van der Waals surface area contributed by atoms with E-state index in [0.717, 1.165) is 0 Å². The van der Waals surface area contributed by atoms with Gasteiger partial charge in [0.05, 0.1) is 24.5 Å². The molecule has 0 aliphatic rings. The van der Waals surface area contributed by atoms with E-state index in [1.807, 2.05) is 0 Å². The van der Waals surface area contributed by atoms with E-state index in [0.29, 0.717) is 5.56 Å². The number of hydrogen-bond donors (Lipinski definition) is 1. The van der Waals surface area contributed by atoms with Crippen LogP contribution in [0.2, 0.25) is 0 Å². The normalized spacial score (nSPS) is 11.7. The van der Waals surface area contributed by atoms with Crippen molar-refractivity contribution < 1.29 is 43.9 Å². The Morgan fingerprint density at radius 1 is 1.73 bits per heavy atom. The molecule has 2 N–H and O–H groups in total. The molecule has 0 aromatic carbocycles. The van der Waals surface area contributed by atoms with Crippen LogP contribution in [-0.4, -0.2) is 5.97 Å². The van der Waals surface area contributed by atoms with Crippen LogP contribution in [0.25, 0.3) is 0 Å². The number of carbonyl (C=O) groups is 1. The summed E-state index contributed by atoms with van der Waals surface area (Å²) in [7, 11) is 0. The van der Waals surface area contributed by atoms with Crippen LogP contribution in [0.15, 0.2) is 23.0 Å². The first-order chi connectivity index (χ1) is 4.72. The fourth-order valence-electron chi connectivity index (χ4n) is 0.588. The molecule has 0 amide bonds. The summed E-state index contributed by atoms with van der Waals surface area (Å²) < 4.78 is 4.61. The number of carboxylic acids is 1. The average molecular weight is 163 g/mol. The number of carboxylic acid groups (broad SMARTS) is 1. The van der Waals surface area contributed by atoms with Crippen LogP contribution in [0.1, 0.15) is 11.6 Å². The van der Waals surface area contributed by atoms with Gasteiger partial charge in [0, 0.05) is 5.56 Å². The van der Waals surface area contributed by atoms with Gasteiger partial charge in [-0.25, -0.2) is 0 Å². The Bertz CT molecular complexity index is 222. The predicted octanol–water partition coefficient (Wildman–Crippen LogP) is -3.97. The largest absolute Gasteiger partial charge is 1.00 e. The Labute approximate surface area is 85.7 Å². The van der Waals surface area contributed by atoms with Gasteiger partial charge >= 0.3 is 29.6 Å². The van der Waals surface area contributed by atoms with Gasteiger partial charge in [-0.15, -0.1) is 0 Å². The van der Waals surface area contributed by atoms with Crippen molar-refractivity contribution in [3.63, 3.8) is 0 Å². The minimum absolute atomic E-state index is 0. The van der Waals surface area contributed by atoms with Crippen molar-refractivity contribution in [1.82, 2.24) is 0 Å². The first-order valence-electron chi connectivity index (χ1n) is 2.70. The summed E-state index contributed by atoms with van der Waals surface area (Å²) in [4.78, 5) is 10.1. The molecule has 54 valence electrons. The Morgan fingerprint density at radius 3 is 2.73 bits per heavy atom. The molecular formula is C6H6NNaO3. The van der Waals surface area contributed by atoms with Crippen molar-refractivity contribution in [1.29, 1.82) is 0 Å². The maximum atomic E-state index is 10.1. The van der Waals surface area contributed by atoms with Crippen molar-refractivity contribution in [2.45, 2.75) is 6.04 Å². The molecule has 0 spiro atoms. The first kappa shape index (κ1) is 10.7. The molecule has 1 atom stereocenters. The van der Waals surface area contributed by atoms with Crippen LogP contribution in [0, 0.1) is 0 Å². The molecule has 0 saturated heterocycles. The molecule has 1 aromatic rings. The minimum atomic E-state index is -1.30. The van der Waals surface area contributed by atoms with Gasteiger partial charge in [-0.3, -0.25) is 0 Å². The molecule has 1 unspecified atom stereocenters. The average Bonchev–Trinajstić information content (AvgIpc) is 2.36. The van der Waals surface area contributed by atoms with E-state index in [9.17, 15) is 9.90 Å². The summed E-state index contributed by atoms with van der Waals surface area (Å²) in [5.74, 6) is -1.30. The molecule has 1 rings (SSSR count). The molecule has 0 radical (unpaired) electrons. The summed E-state index contributed by atoms with van der Waals surface area (Å²) in [6.07, 6.45) is 2.64. The molecule has 1 heterocycles. The smallest absolute Gasteiger partial charge is 0.548 e. The zero-order valence-electron chi connectivity index (χ0n) is 6.11. The van der Waals surface area contributed by atoms with Crippen LogP contribution in [0.4, 0.5) is 0 Å². The Balaban J connectivity index is 0.000001000. The fourth-order valence-corrected chi connectivity index (χ4v) is 0.588. The quantitative estimate of drug-likeness (QED) is 0.451. The molecule has 11 heavy (non-hydrogen) atoms. The predicted molar refractivity (Wildman–Crippen MR) is 30.6 cm³/mol. The van der Waals surface area contributed by atoms with Crippen molar-refractivity contribution in [3.05, 3.63) is 24.2 Å². The van der Waals surface area contributed by atoms with E-state index in [2.05, 4.69) is 4.42 Å². The van der Waals surface area contributed by atoms with Gasteiger partial charge in [0.15, 0.2) is 0 Å². The summed E-state index contributed by atoms with van der Waals surface area (Å²) in [6, 6.07) is 0.402. The van der Waals surface area contributed by atoms with Gasteiger partial charge in [-0.05, 0) is 6.07 Å². The number of carbonyl (C=O) groups excluding carboxylic acids is 1. The van der Waals surface area contributed by atoms with Crippen LogP contribution >= 0.6 is 0 Å². The molecule has 0 aliphatic heterocycles. The van der Waals surface area contributed by atoms with Gasteiger partial charge in [-0.1, -0.05) is 0 Å². The second kappa shape index (κ2) is 4.56. The van der Waals surface area contributed by atoms with Crippen LogP contribution < -0.4 is 40.4 Å². The maximum absolute atomic E-state index is 10.1. The van der Waals surface area contributed by atoms with Gasteiger partial charge < -0.3 is 20.1 Å². The molecule has 1 aromatic heterocycles. The van der Waals surface area contributed by atoms with Gasteiger partial charge in [0.1, 0.15) is 0 Å². The Hall–Kier alpha value is -0.290. The third-order valence-corrected chi connectivity index (χ3v) is 1.16. The van der Waals surface area contributed by atoms with Crippen molar-refractivity contribution in [2.24, 2.45) is 5.73 Å². The van der Waals surface area contributed by atoms with Crippen LogP contribution in [-0.2, 0) is 4.79 Å². The molecule has 0 saturated carbocycles. The van der Waals surface area contributed by atoms with E-state index in [1.165, 1.54) is 18.6 Å². The number of aliphatic carboxylic acids is 1. The Kier molecular flexibility index (Phi) is 4.44. The SMILES string of the molecule is NC(C(=O)[O-])c1ccoc1.[Na+]. The van der Waals surface area contributed by atoms with Crippen molar-refractivity contribution in [2.75, 3.05) is 0 Å². The number of furan rings is 1. The topological polar surface area (TPSA) is 79.3 Å². The number of rotatable bonds is 2. The summed E-state index contributed by atoms with van der Waals surface area (Å²) in [5.41, 5.74) is 5.58. The Morgan fingerprint density at radius 2 is 2.36 bits per heavy atom. The van der Waals surface area contributed by atoms with E-state index >= 15 is 0 Å². The molecule has 4 nitrogen and oxygen atoms in total. The van der Waals surface area contributed by atoms with Gasteiger partial charge in [0.2, 0.25) is 0 Å². The number of hydrogen-bond acceptors (Lipinski definition) is 4. The third-order valence-electron chi connectivity index (χ3n) is 1.16. The third kappa shape index (κ3) is 2.67. The molecule has 0 fully saturated rings. The molecular weight excluding hydrogens is 157 g/mol. The second-order valence-electron chi connectivity index (χ2n) is 1.85. The van der Waals surface area contributed by atoms with Crippen molar-refractivity contribution >= 4 is 5.97 Å². The zero-order valence-corrected chi connectivity index (χ0v) is 8.11. The van der Waals surface area contributed by atoms with E-state index in [4.69, 9.17) is 5.73 Å². The van der Waals surface area contributed by atoms with E-state index < -0.39 is 12.0 Å². The second-order valence-corrected chi connectivity index (χ2v) is 1.85. The monoisotopic (exact) mass is 163 g/mol. The molecule has 0 bridgehead atoms. The van der Waals surface area contributed by atoms with Gasteiger partial charge in [0.25, 0.3) is 0 Å². The van der Waals surface area contributed by atoms with Gasteiger partial charge in [-0.2, -0.15) is 0 Å². The standard InChI is InChI=1S/C6H7NO3.Na/c7-5(6(8)9)4-1-2-10-3-4;/h1-3,5H,7H2,(H,8,9);/q;+1/p-1. The first-order valence-corrected chi connectivity index (χ1v) is 2.70. The maximum Gasteiger partial charge on any atom is 1.00 e. The minimum Gasteiger partial charge on any atom is -0.548 e. The summed E-state index contributed by atoms with van der Waals surface area (Å²) in [5, 5.41) is 10.1. The fraction of sp³-hybridized carbons (Fsp3) is 0.167. The zero-order chi connectivity index (χ0) is 7.56. The van der Waals surface area contributed by atoms with Crippen LogP contribution in [0.3, 0.4) is 0 Å². The molecule has 5 heteroatoms. The van der Waals surface area contributed by atoms with Crippen LogP contribution in [0.5, 0.6) is 0 Å². The van der Waals surface area contributed by atoms with Crippen molar-refractivity contribution in [3.8, 4) is 0 Å². The molecule has 0 aliphatic carbocycles. The summed E-state index contributed by atoms with van der Waals surface area (Å²) >= 11 is 0. The van der Waals surface area contributed by atoms with E-state index in [1.54, 1.807) is 0 Å². The summed E-state index contributed by atoms with van der Waals surface area (Å²) in [6.45, 7) is 0.